The summed E-state index contributed by atoms with van der Waals surface area (Å²) >= 11 is 0. The van der Waals surface area contributed by atoms with Gasteiger partial charge in [-0.15, -0.1) is 0 Å². The highest BCUT2D eigenvalue weighted by Gasteiger charge is 2.27. The second kappa shape index (κ2) is 5.83. The molecule has 1 N–H and O–H groups in total. The fraction of sp³-hybridized carbons (Fsp3) is 0.500. The van der Waals surface area contributed by atoms with Gasteiger partial charge in [-0.05, 0) is 24.1 Å². The highest BCUT2D eigenvalue weighted by molar-refractivity contribution is 7.91. The Hall–Kier alpha value is -1.56. The van der Waals surface area contributed by atoms with Gasteiger partial charge < -0.3 is 10.2 Å². The third kappa shape index (κ3) is 3.96. The first-order valence-electron chi connectivity index (χ1n) is 6.63. The number of carbonyl (C=O) groups excluding carboxylic acids is 1. The predicted octanol–water partition coefficient (Wildman–Crippen LogP) is 1.26. The first-order valence-corrected chi connectivity index (χ1v) is 8.45. The van der Waals surface area contributed by atoms with E-state index in [0.717, 1.165) is 11.3 Å². The number of anilines is 1. The molecule has 0 spiro atoms. The standard InChI is InChI=1S/C14H20N2O3S/c1-11(17)16(2)9-12-4-3-5-13(8-12)15-14-6-7-20(18,19)10-14/h3-5,8,14-15H,6-7,9-10H2,1-2H3. The first-order chi connectivity index (χ1) is 9.35. The maximum absolute atomic E-state index is 11.4. The second-order valence-corrected chi connectivity index (χ2v) is 7.55. The number of nitrogens with one attached hydrogen (secondary N) is 1. The smallest absolute Gasteiger partial charge is 0.219 e. The van der Waals surface area contributed by atoms with E-state index >= 15 is 0 Å². The summed E-state index contributed by atoms with van der Waals surface area (Å²) in [6.45, 7) is 2.08. The van der Waals surface area contributed by atoms with Gasteiger partial charge in [-0.1, -0.05) is 12.1 Å². The van der Waals surface area contributed by atoms with Crippen molar-refractivity contribution in [2.45, 2.75) is 25.9 Å². The van der Waals surface area contributed by atoms with Crippen LogP contribution in [-0.4, -0.2) is 43.8 Å². The van der Waals surface area contributed by atoms with Crippen LogP contribution in [-0.2, 0) is 21.2 Å². The zero-order valence-corrected chi connectivity index (χ0v) is 12.6. The third-order valence-corrected chi connectivity index (χ3v) is 5.26. The fourth-order valence-corrected chi connectivity index (χ4v) is 3.96. The maximum atomic E-state index is 11.4. The molecule has 0 bridgehead atoms. The van der Waals surface area contributed by atoms with Crippen LogP contribution in [0.2, 0.25) is 0 Å². The lowest BCUT2D eigenvalue weighted by Gasteiger charge is -2.17. The second-order valence-electron chi connectivity index (χ2n) is 5.32. The predicted molar refractivity (Wildman–Crippen MR) is 79.3 cm³/mol. The molecule has 1 aliphatic rings. The molecule has 0 radical (unpaired) electrons. The Morgan fingerprint density at radius 3 is 2.80 bits per heavy atom. The summed E-state index contributed by atoms with van der Waals surface area (Å²) in [6, 6.07) is 7.73. The number of hydrogen-bond donors (Lipinski definition) is 1. The van der Waals surface area contributed by atoms with Crippen molar-refractivity contribution in [1.82, 2.24) is 4.90 Å². The molecule has 110 valence electrons. The molecule has 1 atom stereocenters. The van der Waals surface area contributed by atoms with Crippen molar-refractivity contribution in [3.05, 3.63) is 29.8 Å². The average Bonchev–Trinajstić information content (AvgIpc) is 2.69. The van der Waals surface area contributed by atoms with E-state index in [2.05, 4.69) is 5.32 Å². The molecule has 6 heteroatoms. The van der Waals surface area contributed by atoms with E-state index in [1.54, 1.807) is 11.9 Å². The summed E-state index contributed by atoms with van der Waals surface area (Å²) < 4.78 is 22.9. The monoisotopic (exact) mass is 296 g/mol. The van der Waals surface area contributed by atoms with E-state index in [1.165, 1.54) is 6.92 Å². The number of benzene rings is 1. The van der Waals surface area contributed by atoms with Gasteiger partial charge in [-0.3, -0.25) is 4.79 Å². The number of nitrogens with zero attached hydrogens (tertiary/aromatic N) is 1. The highest BCUT2D eigenvalue weighted by Crippen LogP contribution is 2.19. The Morgan fingerprint density at radius 2 is 2.20 bits per heavy atom. The molecular formula is C14H20N2O3S. The average molecular weight is 296 g/mol. The van der Waals surface area contributed by atoms with E-state index in [0.29, 0.717) is 13.0 Å². The van der Waals surface area contributed by atoms with E-state index in [-0.39, 0.29) is 23.5 Å². The molecule has 0 aromatic heterocycles. The lowest BCUT2D eigenvalue weighted by molar-refractivity contribution is -0.128. The van der Waals surface area contributed by atoms with Crippen LogP contribution in [0.25, 0.3) is 0 Å². The minimum Gasteiger partial charge on any atom is -0.381 e. The van der Waals surface area contributed by atoms with Crippen LogP contribution in [0.15, 0.2) is 24.3 Å². The third-order valence-electron chi connectivity index (χ3n) is 3.49. The van der Waals surface area contributed by atoms with Crippen molar-refractivity contribution in [3.8, 4) is 0 Å². The summed E-state index contributed by atoms with van der Waals surface area (Å²) in [5.74, 6) is 0.479. The van der Waals surface area contributed by atoms with Gasteiger partial charge in [-0.25, -0.2) is 8.42 Å². The fourth-order valence-electron chi connectivity index (χ4n) is 2.29. The largest absolute Gasteiger partial charge is 0.381 e. The Balaban J connectivity index is 2.01. The van der Waals surface area contributed by atoms with Crippen LogP contribution in [0, 0.1) is 0 Å². The van der Waals surface area contributed by atoms with Crippen molar-refractivity contribution in [2.75, 3.05) is 23.9 Å². The molecule has 5 nitrogen and oxygen atoms in total. The van der Waals surface area contributed by atoms with Crippen LogP contribution in [0.3, 0.4) is 0 Å². The molecule has 1 aromatic carbocycles. The van der Waals surface area contributed by atoms with Gasteiger partial charge in [0.25, 0.3) is 0 Å². The molecule has 1 unspecified atom stereocenters. The molecule has 0 aliphatic carbocycles. The molecule has 1 saturated heterocycles. The molecule has 1 aromatic rings. The van der Waals surface area contributed by atoms with Crippen molar-refractivity contribution in [1.29, 1.82) is 0 Å². The molecular weight excluding hydrogens is 276 g/mol. The Labute approximate surface area is 119 Å². The number of hydrogen-bond acceptors (Lipinski definition) is 4. The van der Waals surface area contributed by atoms with Crippen molar-refractivity contribution >= 4 is 21.4 Å². The van der Waals surface area contributed by atoms with Crippen molar-refractivity contribution in [2.24, 2.45) is 0 Å². The summed E-state index contributed by atoms with van der Waals surface area (Å²) in [7, 11) is -1.12. The van der Waals surface area contributed by atoms with Gasteiger partial charge in [0, 0.05) is 32.2 Å². The summed E-state index contributed by atoms with van der Waals surface area (Å²) in [4.78, 5) is 12.9. The van der Waals surface area contributed by atoms with Crippen LogP contribution in [0.5, 0.6) is 0 Å². The Morgan fingerprint density at radius 1 is 1.45 bits per heavy atom. The molecule has 1 fully saturated rings. The molecule has 1 heterocycles. The van der Waals surface area contributed by atoms with E-state index in [4.69, 9.17) is 0 Å². The number of carbonyl (C=O) groups is 1. The zero-order chi connectivity index (χ0) is 14.8. The normalized spacial score (nSPS) is 20.6. The zero-order valence-electron chi connectivity index (χ0n) is 11.8. The van der Waals surface area contributed by atoms with Crippen LogP contribution in [0.4, 0.5) is 5.69 Å². The summed E-state index contributed by atoms with van der Waals surface area (Å²) in [6.07, 6.45) is 0.653. The molecule has 1 aliphatic heterocycles. The molecule has 20 heavy (non-hydrogen) atoms. The Kier molecular flexibility index (Phi) is 4.32. The summed E-state index contributed by atoms with van der Waals surface area (Å²) in [5, 5.41) is 3.26. The van der Waals surface area contributed by atoms with Gasteiger partial charge in [0.15, 0.2) is 9.84 Å². The minimum atomic E-state index is -2.87. The molecule has 0 saturated carbocycles. The Bertz CT molecular complexity index is 598. The highest BCUT2D eigenvalue weighted by atomic mass is 32.2. The van der Waals surface area contributed by atoms with Crippen LogP contribution >= 0.6 is 0 Å². The van der Waals surface area contributed by atoms with E-state index in [1.807, 2.05) is 24.3 Å². The van der Waals surface area contributed by atoms with Crippen molar-refractivity contribution in [3.63, 3.8) is 0 Å². The topological polar surface area (TPSA) is 66.5 Å². The van der Waals surface area contributed by atoms with E-state index in [9.17, 15) is 13.2 Å². The first kappa shape index (κ1) is 14.8. The number of rotatable bonds is 4. The van der Waals surface area contributed by atoms with Crippen LogP contribution in [0.1, 0.15) is 18.9 Å². The van der Waals surface area contributed by atoms with Crippen molar-refractivity contribution < 1.29 is 13.2 Å². The van der Waals surface area contributed by atoms with Gasteiger partial charge >= 0.3 is 0 Å². The van der Waals surface area contributed by atoms with Gasteiger partial charge in [0.1, 0.15) is 0 Å². The molecule has 1 amide bonds. The summed E-state index contributed by atoms with van der Waals surface area (Å²) in [5.41, 5.74) is 1.93. The van der Waals surface area contributed by atoms with E-state index < -0.39 is 9.84 Å². The lowest BCUT2D eigenvalue weighted by atomic mass is 10.1. The lowest BCUT2D eigenvalue weighted by Crippen LogP contribution is -2.23. The quantitative estimate of drug-likeness (QED) is 0.908. The minimum absolute atomic E-state index is 0.0132. The maximum Gasteiger partial charge on any atom is 0.219 e. The van der Waals surface area contributed by atoms with Crippen LogP contribution < -0.4 is 5.32 Å². The number of sulfone groups is 1. The molecule has 2 rings (SSSR count). The van der Waals surface area contributed by atoms with Gasteiger partial charge in [0.05, 0.1) is 11.5 Å². The SMILES string of the molecule is CC(=O)N(C)Cc1cccc(NC2CCS(=O)(=O)C2)c1. The van der Waals surface area contributed by atoms with Gasteiger partial charge in [-0.2, -0.15) is 0 Å². The number of amides is 1. The van der Waals surface area contributed by atoms with Gasteiger partial charge in [0.2, 0.25) is 5.91 Å².